The van der Waals surface area contributed by atoms with E-state index in [9.17, 15) is 28.8 Å². The zero-order chi connectivity index (χ0) is 46.9. The zero-order valence-electron chi connectivity index (χ0n) is 38.6. The Hall–Kier alpha value is -3.64. The third-order valence-electron chi connectivity index (χ3n) is 8.50. The molecule has 5 amide bonds. The summed E-state index contributed by atoms with van der Waals surface area (Å²) in [4.78, 5) is 74.5. The van der Waals surface area contributed by atoms with Gasteiger partial charge < -0.3 is 68.1 Å². The van der Waals surface area contributed by atoms with Crippen LogP contribution in [-0.2, 0) is 80.9 Å². The Bertz CT molecular complexity index is 1280. The fourth-order valence-electron chi connectivity index (χ4n) is 5.36. The monoisotopic (exact) mass is 921 g/mol. The molecular weight excluding hydrogens is 844 g/mol. The Labute approximate surface area is 378 Å². The van der Waals surface area contributed by atoms with E-state index in [1.54, 1.807) is 27.9 Å². The second-order valence-electron chi connectivity index (χ2n) is 15.2. The highest BCUT2D eigenvalue weighted by atomic mass is 16.6. The van der Waals surface area contributed by atoms with Gasteiger partial charge in [0, 0.05) is 51.7 Å². The molecule has 0 radical (unpaired) electrons. The van der Waals surface area contributed by atoms with Crippen molar-refractivity contribution in [1.82, 2.24) is 20.9 Å². The number of nitrogens with one attached hydrogen (secondary N) is 3. The molecule has 0 aliphatic carbocycles. The van der Waals surface area contributed by atoms with Crippen LogP contribution in [0.2, 0.25) is 0 Å². The maximum Gasteiger partial charge on any atom is 0.306 e. The van der Waals surface area contributed by atoms with E-state index in [1.165, 1.54) is 12.2 Å². The lowest BCUT2D eigenvalue weighted by Crippen LogP contribution is -2.47. The Kier molecular flexibility index (Phi) is 36.2. The fourth-order valence-corrected chi connectivity index (χ4v) is 5.36. The number of ether oxygens (including phenoxy) is 11. The molecule has 0 saturated carbocycles. The van der Waals surface area contributed by atoms with Gasteiger partial charge in [0.15, 0.2) is 0 Å². The lowest BCUT2D eigenvalue weighted by molar-refractivity contribution is -0.155. The Balaban J connectivity index is 2.03. The number of nitrogens with zero attached hydrogens (tertiary/aromatic N) is 1. The average Bonchev–Trinajstić information content (AvgIpc) is 3.57. The largest absolute Gasteiger partial charge is 0.460 e. The minimum absolute atomic E-state index is 0.00420. The Morgan fingerprint density at radius 1 is 0.547 bits per heavy atom. The topological polar surface area (TPSA) is 243 Å². The fraction of sp³-hybridized carbons (Fsp3) is 0.814. The van der Waals surface area contributed by atoms with E-state index in [0.29, 0.717) is 145 Å². The molecule has 0 bridgehead atoms. The van der Waals surface area contributed by atoms with Crippen molar-refractivity contribution in [2.24, 2.45) is 0 Å². The molecule has 1 aliphatic rings. The van der Waals surface area contributed by atoms with Gasteiger partial charge in [-0.05, 0) is 52.9 Å². The number of esters is 1. The summed E-state index contributed by atoms with van der Waals surface area (Å²) in [5.41, 5.74) is -0.607. The molecule has 0 unspecified atom stereocenters. The molecule has 3 N–H and O–H groups in total. The highest BCUT2D eigenvalue weighted by Crippen LogP contribution is 2.10. The van der Waals surface area contributed by atoms with Crippen LogP contribution in [0.25, 0.3) is 0 Å². The Morgan fingerprint density at radius 2 is 0.984 bits per heavy atom. The van der Waals surface area contributed by atoms with Gasteiger partial charge in [-0.3, -0.25) is 33.7 Å². The highest BCUT2D eigenvalue weighted by Gasteiger charge is 2.24. The summed E-state index contributed by atoms with van der Waals surface area (Å²) in [7, 11) is 1.63. The van der Waals surface area contributed by atoms with Crippen molar-refractivity contribution in [2.45, 2.75) is 77.4 Å². The van der Waals surface area contributed by atoms with Crippen molar-refractivity contribution in [2.75, 3.05) is 152 Å². The molecule has 0 spiro atoms. The van der Waals surface area contributed by atoms with Crippen molar-refractivity contribution in [3.05, 3.63) is 12.2 Å². The Morgan fingerprint density at radius 3 is 1.44 bits per heavy atom. The smallest absolute Gasteiger partial charge is 0.306 e. The maximum atomic E-state index is 13.0. The zero-order valence-corrected chi connectivity index (χ0v) is 38.6. The van der Waals surface area contributed by atoms with Gasteiger partial charge in [-0.1, -0.05) is 0 Å². The van der Waals surface area contributed by atoms with Crippen molar-refractivity contribution < 1.29 is 80.9 Å². The first-order valence-corrected chi connectivity index (χ1v) is 22.2. The number of imide groups is 1. The van der Waals surface area contributed by atoms with Gasteiger partial charge in [0.25, 0.3) is 11.8 Å². The van der Waals surface area contributed by atoms with Crippen molar-refractivity contribution in [3.8, 4) is 0 Å². The van der Waals surface area contributed by atoms with Crippen LogP contribution in [0, 0.1) is 0 Å². The van der Waals surface area contributed by atoms with Gasteiger partial charge in [0.05, 0.1) is 119 Å². The molecule has 0 aromatic heterocycles. The summed E-state index contributed by atoms with van der Waals surface area (Å²) in [6.07, 6.45) is 4.43. The predicted octanol–water partition coefficient (Wildman–Crippen LogP) is 0.497. The second kappa shape index (κ2) is 39.7. The number of unbranched alkanes of at least 4 members (excludes halogenated alkanes) is 1. The molecular formula is C43H76N4O17. The van der Waals surface area contributed by atoms with Crippen LogP contribution >= 0.6 is 0 Å². The normalized spacial score (nSPS) is 13.1. The maximum absolute atomic E-state index is 13.0. The number of carbonyl (C=O) groups is 6. The molecule has 64 heavy (non-hydrogen) atoms. The van der Waals surface area contributed by atoms with Gasteiger partial charge in [0.2, 0.25) is 17.7 Å². The number of methoxy groups -OCH3 is 1. The molecule has 21 heteroatoms. The molecule has 0 aromatic rings. The molecule has 0 fully saturated rings. The quantitative estimate of drug-likeness (QED) is 0.0428. The van der Waals surface area contributed by atoms with E-state index in [1.807, 2.05) is 0 Å². The van der Waals surface area contributed by atoms with Crippen molar-refractivity contribution in [3.63, 3.8) is 0 Å². The van der Waals surface area contributed by atoms with Crippen LogP contribution in [0.1, 0.15) is 65.7 Å². The average molecular weight is 921 g/mol. The summed E-state index contributed by atoms with van der Waals surface area (Å²) in [5.74, 6) is -2.33. The van der Waals surface area contributed by atoms with Gasteiger partial charge in [-0.25, -0.2) is 0 Å². The number of carbonyl (C=O) groups excluding carboxylic acids is 6. The minimum Gasteiger partial charge on any atom is -0.460 e. The number of hydrogen-bond acceptors (Lipinski definition) is 17. The van der Waals surface area contributed by atoms with Gasteiger partial charge in [-0.15, -0.1) is 0 Å². The lowest BCUT2D eigenvalue weighted by Gasteiger charge is -2.20. The third kappa shape index (κ3) is 35.7. The van der Waals surface area contributed by atoms with E-state index in [4.69, 9.17) is 52.1 Å². The first kappa shape index (κ1) is 58.4. The summed E-state index contributed by atoms with van der Waals surface area (Å²) in [5, 5.41) is 8.27. The van der Waals surface area contributed by atoms with Gasteiger partial charge in [-0.2, -0.15) is 0 Å². The number of rotatable bonds is 44. The van der Waals surface area contributed by atoms with Crippen LogP contribution < -0.4 is 16.0 Å². The first-order chi connectivity index (χ1) is 30.9. The van der Waals surface area contributed by atoms with Crippen LogP contribution in [-0.4, -0.2) is 204 Å². The molecule has 370 valence electrons. The van der Waals surface area contributed by atoms with Crippen molar-refractivity contribution in [1.29, 1.82) is 0 Å². The summed E-state index contributed by atoms with van der Waals surface area (Å²) in [6, 6.07) is -0.857. The van der Waals surface area contributed by atoms with E-state index < -0.39 is 35.3 Å². The molecule has 1 aliphatic heterocycles. The van der Waals surface area contributed by atoms with Crippen LogP contribution in [0.4, 0.5) is 0 Å². The molecule has 0 aromatic carbocycles. The first-order valence-electron chi connectivity index (χ1n) is 22.2. The number of amides is 5. The van der Waals surface area contributed by atoms with E-state index >= 15 is 0 Å². The number of hydrogen-bond donors (Lipinski definition) is 3. The second-order valence-corrected chi connectivity index (χ2v) is 15.2. The lowest BCUT2D eigenvalue weighted by atomic mass is 10.1. The summed E-state index contributed by atoms with van der Waals surface area (Å²) in [6.45, 7) is 13.9. The standard InChI is InChI=1S/C43H76N4O17/c1-43(2,3)64-41(52)11-7-15-45-42(53)36(46-37(48)10-8-16-47-39(50)12-13-40(47)51)9-5-6-14-44-38(49)35-63-34-33-62-32-31-61-30-29-60-28-27-59-26-25-58-24-23-57-22-21-56-20-19-55-18-17-54-4/h12-13,36H,5-11,14-35H2,1-4H3,(H,44,49)(H,45,53)(H,46,48)/t36-/m0/s1. The molecule has 0 saturated heterocycles. The van der Waals surface area contributed by atoms with Crippen LogP contribution in [0.3, 0.4) is 0 Å². The summed E-state index contributed by atoms with van der Waals surface area (Å²) >= 11 is 0. The molecule has 21 nitrogen and oxygen atoms in total. The molecule has 1 rings (SSSR count). The third-order valence-corrected chi connectivity index (χ3v) is 8.50. The highest BCUT2D eigenvalue weighted by molar-refractivity contribution is 6.12. The van der Waals surface area contributed by atoms with Crippen LogP contribution in [0.5, 0.6) is 0 Å². The van der Waals surface area contributed by atoms with E-state index in [2.05, 4.69) is 16.0 Å². The van der Waals surface area contributed by atoms with Gasteiger partial charge in [0.1, 0.15) is 18.2 Å². The predicted molar refractivity (Wildman–Crippen MR) is 231 cm³/mol. The summed E-state index contributed by atoms with van der Waals surface area (Å²) < 4.78 is 59.1. The van der Waals surface area contributed by atoms with Gasteiger partial charge >= 0.3 is 5.97 Å². The van der Waals surface area contributed by atoms with Crippen molar-refractivity contribution >= 4 is 35.5 Å². The van der Waals surface area contributed by atoms with E-state index in [0.717, 1.165) is 4.90 Å². The minimum atomic E-state index is -0.857. The van der Waals surface area contributed by atoms with Crippen LogP contribution in [0.15, 0.2) is 12.2 Å². The SMILES string of the molecule is COCCOCCOCCOCCOCCOCCOCCOCCOCCOCC(=O)NCCCC[C@H](NC(=O)CCCN1C(=O)C=CC1=O)C(=O)NCCCC(=O)OC(C)(C)C. The van der Waals surface area contributed by atoms with E-state index in [-0.39, 0.29) is 57.4 Å². The molecule has 1 heterocycles. The molecule has 1 atom stereocenters.